The molecule has 1 aromatic rings. The summed E-state index contributed by atoms with van der Waals surface area (Å²) in [5.41, 5.74) is 0.517. The van der Waals surface area contributed by atoms with Gasteiger partial charge in [-0.3, -0.25) is 0 Å². The van der Waals surface area contributed by atoms with Gasteiger partial charge in [0.1, 0.15) is 0 Å². The van der Waals surface area contributed by atoms with E-state index in [4.69, 9.17) is 9.47 Å². The first kappa shape index (κ1) is 17.2. The number of esters is 2. The fraction of sp³-hybridized carbons (Fsp3) is 0.529. The first-order valence-corrected chi connectivity index (χ1v) is 7.57. The van der Waals surface area contributed by atoms with E-state index in [2.05, 4.69) is 6.92 Å². The summed E-state index contributed by atoms with van der Waals surface area (Å²) in [5.74, 6) is -0.966. The zero-order valence-corrected chi connectivity index (χ0v) is 13.1. The Morgan fingerprint density at radius 3 is 2.24 bits per heavy atom. The van der Waals surface area contributed by atoms with Gasteiger partial charge >= 0.3 is 11.9 Å². The normalized spacial score (nSPS) is 11.8. The molecule has 1 aromatic carbocycles. The van der Waals surface area contributed by atoms with Gasteiger partial charge < -0.3 is 9.47 Å². The predicted molar refractivity (Wildman–Crippen MR) is 81.4 cm³/mol. The van der Waals surface area contributed by atoms with E-state index in [1.54, 1.807) is 31.2 Å². The van der Waals surface area contributed by atoms with Gasteiger partial charge in [0, 0.05) is 0 Å². The molecule has 0 aliphatic rings. The summed E-state index contributed by atoms with van der Waals surface area (Å²) in [6, 6.07) is 6.58. The van der Waals surface area contributed by atoms with E-state index in [1.165, 1.54) is 0 Å². The highest BCUT2D eigenvalue weighted by Crippen LogP contribution is 2.15. The first-order chi connectivity index (χ1) is 10.1. The molecule has 0 saturated heterocycles. The number of hydrogen-bond acceptors (Lipinski definition) is 4. The van der Waals surface area contributed by atoms with Crippen molar-refractivity contribution >= 4 is 11.9 Å². The second kappa shape index (κ2) is 9.16. The topological polar surface area (TPSA) is 52.6 Å². The molecule has 1 atom stereocenters. The SMILES string of the molecule is CCCCCC(C)OC(=O)c1ccccc1C(=O)OCC. The van der Waals surface area contributed by atoms with Crippen LogP contribution in [-0.2, 0) is 9.47 Å². The van der Waals surface area contributed by atoms with Crippen molar-refractivity contribution in [3.05, 3.63) is 35.4 Å². The fourth-order valence-electron chi connectivity index (χ4n) is 2.03. The Kier molecular flexibility index (Phi) is 7.51. The van der Waals surface area contributed by atoms with Crippen LogP contribution in [0.1, 0.15) is 67.2 Å². The van der Waals surface area contributed by atoms with Crippen LogP contribution in [0.25, 0.3) is 0 Å². The number of ether oxygens (including phenoxy) is 2. The third kappa shape index (κ3) is 5.58. The lowest BCUT2D eigenvalue weighted by atomic mass is 10.1. The maximum absolute atomic E-state index is 12.2. The lowest BCUT2D eigenvalue weighted by Gasteiger charge is -2.14. The summed E-state index contributed by atoms with van der Waals surface area (Å²) in [6.07, 6.45) is 3.97. The van der Waals surface area contributed by atoms with Gasteiger partial charge in [-0.2, -0.15) is 0 Å². The summed E-state index contributed by atoms with van der Waals surface area (Å²) in [6.45, 7) is 6.01. The van der Waals surface area contributed by atoms with Crippen molar-refractivity contribution in [1.29, 1.82) is 0 Å². The molecule has 0 saturated carbocycles. The molecule has 1 rings (SSSR count). The minimum Gasteiger partial charge on any atom is -0.462 e. The first-order valence-electron chi connectivity index (χ1n) is 7.57. The molecule has 116 valence electrons. The summed E-state index contributed by atoms with van der Waals surface area (Å²) in [4.78, 5) is 24.0. The molecule has 0 fully saturated rings. The number of hydrogen-bond donors (Lipinski definition) is 0. The van der Waals surface area contributed by atoms with Crippen LogP contribution in [0.15, 0.2) is 24.3 Å². The number of carbonyl (C=O) groups is 2. The third-order valence-corrected chi connectivity index (χ3v) is 3.16. The molecule has 0 radical (unpaired) electrons. The Labute approximate surface area is 126 Å². The summed E-state index contributed by atoms with van der Waals surface area (Å²) in [7, 11) is 0. The minimum absolute atomic E-state index is 0.153. The fourth-order valence-corrected chi connectivity index (χ4v) is 2.03. The van der Waals surface area contributed by atoms with Gasteiger partial charge in [0.25, 0.3) is 0 Å². The van der Waals surface area contributed by atoms with Crippen LogP contribution in [0.4, 0.5) is 0 Å². The Balaban J connectivity index is 2.71. The molecule has 4 heteroatoms. The molecule has 21 heavy (non-hydrogen) atoms. The average Bonchev–Trinajstić information content (AvgIpc) is 2.47. The molecular weight excluding hydrogens is 268 g/mol. The monoisotopic (exact) mass is 292 g/mol. The lowest BCUT2D eigenvalue weighted by Crippen LogP contribution is -2.18. The highest BCUT2D eigenvalue weighted by molar-refractivity contribution is 6.03. The van der Waals surface area contributed by atoms with Crippen LogP contribution in [0.2, 0.25) is 0 Å². The largest absolute Gasteiger partial charge is 0.462 e. The minimum atomic E-state index is -0.497. The van der Waals surface area contributed by atoms with Crippen molar-refractivity contribution in [2.45, 2.75) is 52.6 Å². The van der Waals surface area contributed by atoms with Crippen molar-refractivity contribution in [3.8, 4) is 0 Å². The van der Waals surface area contributed by atoms with E-state index >= 15 is 0 Å². The van der Waals surface area contributed by atoms with Crippen LogP contribution in [0.5, 0.6) is 0 Å². The molecule has 4 nitrogen and oxygen atoms in total. The second-order valence-electron chi connectivity index (χ2n) is 4.98. The molecule has 1 unspecified atom stereocenters. The number of benzene rings is 1. The number of carbonyl (C=O) groups excluding carboxylic acids is 2. The van der Waals surface area contributed by atoms with Crippen LogP contribution in [-0.4, -0.2) is 24.6 Å². The highest BCUT2D eigenvalue weighted by Gasteiger charge is 2.20. The van der Waals surface area contributed by atoms with Gasteiger partial charge in [-0.05, 0) is 38.8 Å². The molecule has 0 heterocycles. The standard InChI is InChI=1S/C17H24O4/c1-4-6-7-10-13(3)21-17(19)15-12-9-8-11-14(15)16(18)20-5-2/h8-9,11-13H,4-7,10H2,1-3H3. The average molecular weight is 292 g/mol. The third-order valence-electron chi connectivity index (χ3n) is 3.16. The summed E-state index contributed by atoms with van der Waals surface area (Å²) < 4.78 is 10.4. The van der Waals surface area contributed by atoms with Crippen molar-refractivity contribution in [3.63, 3.8) is 0 Å². The Morgan fingerprint density at radius 2 is 1.67 bits per heavy atom. The zero-order valence-electron chi connectivity index (χ0n) is 13.1. The maximum Gasteiger partial charge on any atom is 0.339 e. The van der Waals surface area contributed by atoms with Crippen molar-refractivity contribution in [2.24, 2.45) is 0 Å². The lowest BCUT2D eigenvalue weighted by molar-refractivity contribution is 0.0309. The molecule has 0 aliphatic carbocycles. The highest BCUT2D eigenvalue weighted by atomic mass is 16.5. The van der Waals surface area contributed by atoms with Crippen molar-refractivity contribution in [1.82, 2.24) is 0 Å². The van der Waals surface area contributed by atoms with E-state index in [-0.39, 0.29) is 23.8 Å². The molecule has 0 amide bonds. The zero-order chi connectivity index (χ0) is 15.7. The van der Waals surface area contributed by atoms with Gasteiger partial charge in [0.05, 0.1) is 23.8 Å². The van der Waals surface area contributed by atoms with Gasteiger partial charge in [-0.15, -0.1) is 0 Å². The van der Waals surface area contributed by atoms with Crippen LogP contribution in [0, 0.1) is 0 Å². The number of rotatable bonds is 8. The van der Waals surface area contributed by atoms with E-state index in [0.717, 1.165) is 25.7 Å². The smallest absolute Gasteiger partial charge is 0.339 e. The molecular formula is C17H24O4. The molecule has 0 aromatic heterocycles. The molecule has 0 N–H and O–H groups in total. The Hall–Kier alpha value is -1.84. The second-order valence-corrected chi connectivity index (χ2v) is 4.98. The van der Waals surface area contributed by atoms with Crippen LogP contribution in [0.3, 0.4) is 0 Å². The van der Waals surface area contributed by atoms with Crippen LogP contribution >= 0.6 is 0 Å². The number of unbranched alkanes of at least 4 members (excludes halogenated alkanes) is 2. The Bertz CT molecular complexity index is 468. The molecule has 0 spiro atoms. The van der Waals surface area contributed by atoms with E-state index in [1.807, 2.05) is 6.92 Å². The Morgan fingerprint density at radius 1 is 1.05 bits per heavy atom. The van der Waals surface area contributed by atoms with Crippen molar-refractivity contribution in [2.75, 3.05) is 6.61 Å². The van der Waals surface area contributed by atoms with Crippen LogP contribution < -0.4 is 0 Å². The summed E-state index contributed by atoms with van der Waals surface area (Å²) in [5, 5.41) is 0. The maximum atomic E-state index is 12.2. The van der Waals surface area contributed by atoms with Gasteiger partial charge in [0.15, 0.2) is 0 Å². The predicted octanol–water partition coefficient (Wildman–Crippen LogP) is 3.99. The van der Waals surface area contributed by atoms with Gasteiger partial charge in [-0.1, -0.05) is 31.9 Å². The summed E-state index contributed by atoms with van der Waals surface area (Å²) >= 11 is 0. The van der Waals surface area contributed by atoms with Gasteiger partial charge in [-0.25, -0.2) is 9.59 Å². The van der Waals surface area contributed by atoms with E-state index < -0.39 is 11.9 Å². The van der Waals surface area contributed by atoms with Crippen molar-refractivity contribution < 1.29 is 19.1 Å². The van der Waals surface area contributed by atoms with Gasteiger partial charge in [0.2, 0.25) is 0 Å². The quantitative estimate of drug-likeness (QED) is 0.537. The molecule has 0 aliphatic heterocycles. The van der Waals surface area contributed by atoms with E-state index in [0.29, 0.717) is 0 Å². The molecule has 0 bridgehead atoms. The van der Waals surface area contributed by atoms with E-state index in [9.17, 15) is 9.59 Å².